The van der Waals surface area contributed by atoms with E-state index in [1.54, 1.807) is 13.2 Å². The second kappa shape index (κ2) is 9.13. The van der Waals surface area contributed by atoms with Gasteiger partial charge in [-0.15, -0.1) is 10.2 Å². The molecule has 0 saturated carbocycles. The summed E-state index contributed by atoms with van der Waals surface area (Å²) in [7, 11) is 1.58. The second-order valence-electron chi connectivity index (χ2n) is 8.60. The molecule has 5 aromatic rings. The number of anilines is 1. The number of fused-ring (bicyclic) bond motifs is 3. The van der Waals surface area contributed by atoms with Crippen molar-refractivity contribution in [1.82, 2.24) is 24.5 Å². The molecule has 8 nitrogen and oxygen atoms in total. The highest BCUT2D eigenvalue weighted by Crippen LogP contribution is 2.30. The quantitative estimate of drug-likeness (QED) is 0.361. The van der Waals surface area contributed by atoms with Gasteiger partial charge in [-0.25, -0.2) is 9.38 Å². The highest BCUT2D eigenvalue weighted by Gasteiger charge is 2.27. The molecule has 1 amide bonds. The molecule has 6 rings (SSSR count). The first-order chi connectivity index (χ1) is 17.6. The average molecular weight is 499 g/mol. The maximum atomic E-state index is 13.2. The lowest BCUT2D eigenvalue weighted by Crippen LogP contribution is -2.49. The third kappa shape index (κ3) is 3.79. The molecule has 36 heavy (non-hydrogen) atoms. The van der Waals surface area contributed by atoms with Crippen molar-refractivity contribution >= 4 is 40.0 Å². The lowest BCUT2D eigenvalue weighted by atomic mass is 10.1. The van der Waals surface area contributed by atoms with Gasteiger partial charge in [-0.3, -0.25) is 4.79 Å². The summed E-state index contributed by atoms with van der Waals surface area (Å²) >= 11 is 6.30. The summed E-state index contributed by atoms with van der Waals surface area (Å²) in [5.41, 5.74) is 2.99. The van der Waals surface area contributed by atoms with E-state index in [0.29, 0.717) is 42.5 Å². The number of rotatable bonds is 4. The summed E-state index contributed by atoms with van der Waals surface area (Å²) in [6.45, 7) is 2.33. The first-order valence-corrected chi connectivity index (χ1v) is 12.1. The van der Waals surface area contributed by atoms with Crippen molar-refractivity contribution in [2.75, 3.05) is 38.2 Å². The molecular formula is C27H23ClN6O2. The number of amides is 1. The van der Waals surface area contributed by atoms with Gasteiger partial charge in [-0.05, 0) is 30.3 Å². The normalized spacial score (nSPS) is 13.9. The van der Waals surface area contributed by atoms with E-state index >= 15 is 0 Å². The molecule has 1 aliphatic heterocycles. The fourth-order valence-electron chi connectivity index (χ4n) is 4.68. The topological polar surface area (TPSA) is 75.9 Å². The molecule has 0 unspecified atom stereocenters. The number of carbonyl (C=O) groups is 1. The number of nitrogens with zero attached hydrogens (tertiary/aromatic N) is 6. The Morgan fingerprint density at radius 3 is 2.44 bits per heavy atom. The van der Waals surface area contributed by atoms with Crippen molar-refractivity contribution in [2.45, 2.75) is 0 Å². The molecule has 1 saturated heterocycles. The summed E-state index contributed by atoms with van der Waals surface area (Å²) in [6, 6.07) is 22.9. The Morgan fingerprint density at radius 1 is 0.917 bits per heavy atom. The fraction of sp³-hybridized carbons (Fsp3) is 0.185. The highest BCUT2D eigenvalue weighted by atomic mass is 35.5. The van der Waals surface area contributed by atoms with Crippen LogP contribution >= 0.6 is 11.6 Å². The van der Waals surface area contributed by atoms with Crippen LogP contribution in [0.25, 0.3) is 27.9 Å². The number of aromatic nitrogens is 4. The van der Waals surface area contributed by atoms with E-state index in [0.717, 1.165) is 33.9 Å². The minimum Gasteiger partial charge on any atom is -0.496 e. The zero-order valence-corrected chi connectivity index (χ0v) is 20.4. The fourth-order valence-corrected chi connectivity index (χ4v) is 4.85. The van der Waals surface area contributed by atoms with Crippen LogP contribution in [0, 0.1) is 0 Å². The number of halogens is 1. The molecule has 1 aliphatic rings. The number of hydrogen-bond acceptors (Lipinski definition) is 6. The summed E-state index contributed by atoms with van der Waals surface area (Å²) in [6.07, 6.45) is 0. The van der Waals surface area contributed by atoms with E-state index in [2.05, 4.69) is 15.1 Å². The summed E-state index contributed by atoms with van der Waals surface area (Å²) in [4.78, 5) is 22.3. The van der Waals surface area contributed by atoms with Gasteiger partial charge in [0.25, 0.3) is 5.91 Å². The standard InChI is InChI=1S/C27H23ClN6O2/c1-36-23-10-6-5-9-21(23)26(35)32-13-15-33(16-14-32)27-29-22-17-19(28)11-12-20(22)25-31-30-24(34(25)27)18-7-3-2-4-8-18/h2-12,17H,13-16H2,1H3. The van der Waals surface area contributed by atoms with Crippen LogP contribution < -0.4 is 9.64 Å². The summed E-state index contributed by atoms with van der Waals surface area (Å²) < 4.78 is 7.40. The molecule has 180 valence electrons. The Labute approximate surface area is 212 Å². The van der Waals surface area contributed by atoms with Crippen LogP contribution in [-0.4, -0.2) is 63.7 Å². The Morgan fingerprint density at radius 2 is 1.67 bits per heavy atom. The lowest BCUT2D eigenvalue weighted by molar-refractivity contribution is 0.0743. The Hall–Kier alpha value is -4.17. The summed E-state index contributed by atoms with van der Waals surface area (Å²) in [5.74, 6) is 1.99. The molecule has 3 aromatic carbocycles. The number of hydrogen-bond donors (Lipinski definition) is 0. The smallest absolute Gasteiger partial charge is 0.257 e. The molecule has 0 radical (unpaired) electrons. The van der Waals surface area contributed by atoms with Gasteiger partial charge in [0, 0.05) is 42.2 Å². The first kappa shape index (κ1) is 22.3. The van der Waals surface area contributed by atoms with Crippen LogP contribution in [0.15, 0.2) is 72.8 Å². The van der Waals surface area contributed by atoms with Crippen LogP contribution in [0.1, 0.15) is 10.4 Å². The maximum absolute atomic E-state index is 13.2. The number of ether oxygens (including phenoxy) is 1. The van der Waals surface area contributed by atoms with Gasteiger partial charge in [0.15, 0.2) is 11.5 Å². The first-order valence-electron chi connectivity index (χ1n) is 11.7. The van der Waals surface area contributed by atoms with Crippen molar-refractivity contribution in [1.29, 1.82) is 0 Å². The average Bonchev–Trinajstić information content (AvgIpc) is 3.38. The Bertz CT molecular complexity index is 1580. The van der Waals surface area contributed by atoms with Crippen LogP contribution in [0.3, 0.4) is 0 Å². The maximum Gasteiger partial charge on any atom is 0.257 e. The van der Waals surface area contributed by atoms with Crippen molar-refractivity contribution in [3.8, 4) is 17.1 Å². The third-order valence-corrected chi connectivity index (χ3v) is 6.74. The van der Waals surface area contributed by atoms with Gasteiger partial charge in [-0.1, -0.05) is 54.1 Å². The van der Waals surface area contributed by atoms with E-state index in [-0.39, 0.29) is 5.91 Å². The van der Waals surface area contributed by atoms with Crippen LogP contribution in [-0.2, 0) is 0 Å². The Kier molecular flexibility index (Phi) is 5.65. The van der Waals surface area contributed by atoms with Crippen LogP contribution in [0.4, 0.5) is 5.95 Å². The van der Waals surface area contributed by atoms with Crippen molar-refractivity contribution in [2.24, 2.45) is 0 Å². The van der Waals surface area contributed by atoms with Crippen molar-refractivity contribution in [3.05, 3.63) is 83.4 Å². The van der Waals surface area contributed by atoms with E-state index in [9.17, 15) is 4.79 Å². The minimum atomic E-state index is -0.0372. The van der Waals surface area contributed by atoms with Gasteiger partial charge < -0.3 is 14.5 Å². The Balaban J connectivity index is 1.38. The molecule has 3 heterocycles. The largest absolute Gasteiger partial charge is 0.496 e. The van der Waals surface area contributed by atoms with E-state index in [1.807, 2.05) is 76.0 Å². The SMILES string of the molecule is COc1ccccc1C(=O)N1CCN(c2nc3cc(Cl)ccc3c3nnc(-c4ccccc4)n23)CC1. The lowest BCUT2D eigenvalue weighted by Gasteiger charge is -2.35. The number of piperazine rings is 1. The molecule has 1 fully saturated rings. The number of para-hydroxylation sites is 1. The molecule has 9 heteroatoms. The van der Waals surface area contributed by atoms with E-state index in [4.69, 9.17) is 21.3 Å². The van der Waals surface area contributed by atoms with Crippen LogP contribution in [0.5, 0.6) is 5.75 Å². The minimum absolute atomic E-state index is 0.0372. The zero-order chi connectivity index (χ0) is 24.6. The molecule has 0 bridgehead atoms. The van der Waals surface area contributed by atoms with Crippen molar-refractivity contribution < 1.29 is 9.53 Å². The molecule has 0 atom stereocenters. The molecule has 0 aliphatic carbocycles. The van der Waals surface area contributed by atoms with Gasteiger partial charge in [-0.2, -0.15) is 0 Å². The molecule has 2 aromatic heterocycles. The predicted molar refractivity (Wildman–Crippen MR) is 140 cm³/mol. The van der Waals surface area contributed by atoms with Crippen LogP contribution in [0.2, 0.25) is 5.02 Å². The van der Waals surface area contributed by atoms with Gasteiger partial charge in [0.1, 0.15) is 5.75 Å². The molecule has 0 N–H and O–H groups in total. The monoisotopic (exact) mass is 498 g/mol. The van der Waals surface area contributed by atoms with E-state index in [1.165, 1.54) is 0 Å². The second-order valence-corrected chi connectivity index (χ2v) is 9.04. The van der Waals surface area contributed by atoms with E-state index < -0.39 is 0 Å². The van der Waals surface area contributed by atoms with Crippen molar-refractivity contribution in [3.63, 3.8) is 0 Å². The molecular weight excluding hydrogens is 476 g/mol. The van der Waals surface area contributed by atoms with Gasteiger partial charge in [0.05, 0.1) is 18.2 Å². The number of methoxy groups -OCH3 is 1. The zero-order valence-electron chi connectivity index (χ0n) is 19.6. The molecule has 0 spiro atoms. The van der Waals surface area contributed by atoms with Gasteiger partial charge >= 0.3 is 0 Å². The highest BCUT2D eigenvalue weighted by molar-refractivity contribution is 6.31. The van der Waals surface area contributed by atoms with Gasteiger partial charge in [0.2, 0.25) is 5.95 Å². The predicted octanol–water partition coefficient (Wildman–Crippen LogP) is 4.57. The number of carbonyl (C=O) groups excluding carboxylic acids is 1. The third-order valence-electron chi connectivity index (χ3n) is 6.50. The summed E-state index contributed by atoms with van der Waals surface area (Å²) in [5, 5.41) is 10.6. The number of benzene rings is 3.